The minimum absolute atomic E-state index is 0.488. The van der Waals surface area contributed by atoms with Gasteiger partial charge in [-0.25, -0.2) is 9.78 Å². The third kappa shape index (κ3) is 2.21. The molecule has 0 fully saturated rings. The lowest BCUT2D eigenvalue weighted by Crippen LogP contribution is -2.23. The molecule has 0 aromatic carbocycles. The molecule has 1 heterocycles. The molecule has 0 saturated carbocycles. The molecule has 6 heteroatoms. The van der Waals surface area contributed by atoms with Crippen LogP contribution < -0.4 is 5.32 Å². The van der Waals surface area contributed by atoms with Crippen LogP contribution >= 0.6 is 11.3 Å². The highest BCUT2D eigenvalue weighted by Gasteiger charge is 2.19. The van der Waals surface area contributed by atoms with E-state index >= 15 is 0 Å². The van der Waals surface area contributed by atoms with E-state index in [1.807, 2.05) is 0 Å². The summed E-state index contributed by atoms with van der Waals surface area (Å²) in [4.78, 5) is 27.6. The van der Waals surface area contributed by atoms with E-state index < -0.39 is 11.9 Å². The van der Waals surface area contributed by atoms with E-state index in [0.29, 0.717) is 5.13 Å². The van der Waals surface area contributed by atoms with Crippen LogP contribution in [0.2, 0.25) is 0 Å². The first-order valence-electron chi connectivity index (χ1n) is 5.08. The van der Waals surface area contributed by atoms with Gasteiger partial charge in [-0.15, -0.1) is 11.3 Å². The number of rotatable bonds is 1. The molecule has 1 aliphatic carbocycles. The Morgan fingerprint density at radius 1 is 1.38 bits per heavy atom. The zero-order valence-corrected chi connectivity index (χ0v) is 9.73. The summed E-state index contributed by atoms with van der Waals surface area (Å²) in [7, 11) is 1.18. The number of ether oxygens (including phenoxy) is 1. The Morgan fingerprint density at radius 3 is 2.81 bits per heavy atom. The maximum Gasteiger partial charge on any atom is 0.396 e. The summed E-state index contributed by atoms with van der Waals surface area (Å²) in [5.41, 5.74) is 1.05. The van der Waals surface area contributed by atoms with E-state index in [1.54, 1.807) is 0 Å². The molecule has 1 N–H and O–H groups in total. The van der Waals surface area contributed by atoms with Crippen LogP contribution in [0.3, 0.4) is 0 Å². The van der Waals surface area contributed by atoms with E-state index in [0.717, 1.165) is 25.0 Å². The molecule has 0 saturated heterocycles. The maximum atomic E-state index is 11.2. The number of carbonyl (C=O) groups is 2. The highest BCUT2D eigenvalue weighted by atomic mass is 32.1. The van der Waals surface area contributed by atoms with Gasteiger partial charge in [0.15, 0.2) is 5.13 Å². The molecule has 2 rings (SSSR count). The quantitative estimate of drug-likeness (QED) is 0.590. The Labute approximate surface area is 96.8 Å². The topological polar surface area (TPSA) is 68.3 Å². The average molecular weight is 240 g/mol. The third-order valence-electron chi connectivity index (χ3n) is 2.44. The van der Waals surface area contributed by atoms with Gasteiger partial charge in [0, 0.05) is 4.88 Å². The summed E-state index contributed by atoms with van der Waals surface area (Å²) >= 11 is 1.44. The van der Waals surface area contributed by atoms with Gasteiger partial charge in [-0.3, -0.25) is 10.1 Å². The van der Waals surface area contributed by atoms with Gasteiger partial charge in [0.1, 0.15) is 0 Å². The number of aryl methyl sites for hydroxylation is 2. The molecule has 16 heavy (non-hydrogen) atoms. The molecule has 5 nitrogen and oxygen atoms in total. The Morgan fingerprint density at radius 2 is 2.12 bits per heavy atom. The average Bonchev–Trinajstić information content (AvgIpc) is 2.69. The summed E-state index contributed by atoms with van der Waals surface area (Å²) in [5.74, 6) is -1.67. The van der Waals surface area contributed by atoms with Gasteiger partial charge in [-0.1, -0.05) is 0 Å². The fourth-order valence-electron chi connectivity index (χ4n) is 1.65. The van der Waals surface area contributed by atoms with Crippen molar-refractivity contribution in [3.05, 3.63) is 10.6 Å². The van der Waals surface area contributed by atoms with Gasteiger partial charge in [-0.2, -0.15) is 0 Å². The Balaban J connectivity index is 2.07. The van der Waals surface area contributed by atoms with Crippen LogP contribution in [0.15, 0.2) is 0 Å². The minimum atomic E-state index is -0.895. The number of nitrogens with zero attached hydrogens (tertiary/aromatic N) is 1. The minimum Gasteiger partial charge on any atom is -0.462 e. The lowest BCUT2D eigenvalue weighted by Gasteiger charge is -2.06. The maximum absolute atomic E-state index is 11.2. The number of nitrogens with one attached hydrogen (secondary N) is 1. The Bertz CT molecular complexity index is 404. The lowest BCUT2D eigenvalue weighted by molar-refractivity contribution is -0.150. The normalized spacial score (nSPS) is 14.1. The van der Waals surface area contributed by atoms with Crippen molar-refractivity contribution < 1.29 is 14.3 Å². The van der Waals surface area contributed by atoms with Gasteiger partial charge in [0.05, 0.1) is 12.8 Å². The SMILES string of the molecule is COC(=O)C(=O)Nc1nc2c(s1)CCCC2. The van der Waals surface area contributed by atoms with Crippen molar-refractivity contribution >= 4 is 28.3 Å². The predicted molar refractivity (Wildman–Crippen MR) is 59.4 cm³/mol. The molecular weight excluding hydrogens is 228 g/mol. The van der Waals surface area contributed by atoms with Crippen molar-refractivity contribution in [2.24, 2.45) is 0 Å². The summed E-state index contributed by atoms with van der Waals surface area (Å²) in [5, 5.41) is 2.93. The first kappa shape index (κ1) is 11.1. The van der Waals surface area contributed by atoms with Crippen LogP contribution in [0.1, 0.15) is 23.4 Å². The molecule has 0 atom stereocenters. The highest BCUT2D eigenvalue weighted by molar-refractivity contribution is 7.16. The number of carbonyl (C=O) groups excluding carboxylic acids is 2. The number of hydrogen-bond donors (Lipinski definition) is 1. The summed E-state index contributed by atoms with van der Waals surface area (Å²) in [6.07, 6.45) is 4.28. The standard InChI is InChI=1S/C10H12N2O3S/c1-15-9(14)8(13)12-10-11-6-4-2-3-5-7(6)16-10/h2-5H2,1H3,(H,11,12,13). The van der Waals surface area contributed by atoms with Crippen LogP contribution in [0.5, 0.6) is 0 Å². The van der Waals surface area contributed by atoms with Crippen LogP contribution in [-0.4, -0.2) is 24.0 Å². The fourth-order valence-corrected chi connectivity index (χ4v) is 2.69. The second kappa shape index (κ2) is 4.61. The molecule has 0 aliphatic heterocycles. The third-order valence-corrected chi connectivity index (χ3v) is 3.51. The number of aromatic nitrogens is 1. The molecule has 1 amide bonds. The predicted octanol–water partition coefficient (Wildman–Crippen LogP) is 1.13. The number of thiazole rings is 1. The van der Waals surface area contributed by atoms with Crippen LogP contribution in [0.25, 0.3) is 0 Å². The second-order valence-electron chi connectivity index (χ2n) is 3.54. The largest absolute Gasteiger partial charge is 0.462 e. The first-order valence-corrected chi connectivity index (χ1v) is 5.90. The molecule has 0 unspecified atom stereocenters. The Kier molecular flexibility index (Phi) is 3.19. The smallest absolute Gasteiger partial charge is 0.396 e. The van der Waals surface area contributed by atoms with Crippen molar-refractivity contribution in [1.82, 2.24) is 4.98 Å². The number of amides is 1. The number of hydrogen-bond acceptors (Lipinski definition) is 5. The summed E-state index contributed by atoms with van der Waals surface area (Å²) < 4.78 is 4.31. The number of esters is 1. The van der Waals surface area contributed by atoms with Gasteiger partial charge in [0.25, 0.3) is 0 Å². The molecule has 1 aromatic heterocycles. The molecule has 86 valence electrons. The molecule has 0 radical (unpaired) electrons. The van der Waals surface area contributed by atoms with E-state index in [-0.39, 0.29) is 0 Å². The zero-order valence-electron chi connectivity index (χ0n) is 8.91. The number of methoxy groups -OCH3 is 1. The van der Waals surface area contributed by atoms with Crippen LogP contribution in [-0.2, 0) is 27.2 Å². The van der Waals surface area contributed by atoms with Crippen LogP contribution in [0, 0.1) is 0 Å². The monoisotopic (exact) mass is 240 g/mol. The van der Waals surface area contributed by atoms with E-state index in [2.05, 4.69) is 15.0 Å². The highest BCUT2D eigenvalue weighted by Crippen LogP contribution is 2.29. The van der Waals surface area contributed by atoms with Crippen molar-refractivity contribution in [2.75, 3.05) is 12.4 Å². The summed E-state index contributed by atoms with van der Waals surface area (Å²) in [6, 6.07) is 0. The van der Waals surface area contributed by atoms with Gasteiger partial charge < -0.3 is 4.74 Å². The number of anilines is 1. The fraction of sp³-hybridized carbons (Fsp3) is 0.500. The van der Waals surface area contributed by atoms with Crippen molar-refractivity contribution in [3.8, 4) is 0 Å². The van der Waals surface area contributed by atoms with Gasteiger partial charge >= 0.3 is 11.9 Å². The summed E-state index contributed by atoms with van der Waals surface area (Å²) in [6.45, 7) is 0. The number of fused-ring (bicyclic) bond motifs is 1. The van der Waals surface area contributed by atoms with Crippen molar-refractivity contribution in [1.29, 1.82) is 0 Å². The molecule has 1 aliphatic rings. The first-order chi connectivity index (χ1) is 7.70. The zero-order chi connectivity index (χ0) is 11.5. The van der Waals surface area contributed by atoms with Crippen molar-refractivity contribution in [2.45, 2.75) is 25.7 Å². The molecule has 1 aromatic rings. The Hall–Kier alpha value is -1.43. The molecular formula is C10H12N2O3S. The lowest BCUT2D eigenvalue weighted by atomic mass is 10.0. The second-order valence-corrected chi connectivity index (χ2v) is 4.63. The van der Waals surface area contributed by atoms with Crippen LogP contribution in [0.4, 0.5) is 5.13 Å². The van der Waals surface area contributed by atoms with Crippen molar-refractivity contribution in [3.63, 3.8) is 0 Å². The van der Waals surface area contributed by atoms with E-state index in [1.165, 1.54) is 29.7 Å². The van der Waals surface area contributed by atoms with E-state index in [4.69, 9.17) is 0 Å². The molecule has 0 spiro atoms. The van der Waals surface area contributed by atoms with Gasteiger partial charge in [0.2, 0.25) is 0 Å². The van der Waals surface area contributed by atoms with E-state index in [9.17, 15) is 9.59 Å². The van der Waals surface area contributed by atoms with Gasteiger partial charge in [-0.05, 0) is 25.7 Å². The molecule has 0 bridgehead atoms.